The van der Waals surface area contributed by atoms with Crippen molar-refractivity contribution in [3.63, 3.8) is 0 Å². The summed E-state index contributed by atoms with van der Waals surface area (Å²) in [5, 5.41) is 5.28. The van der Waals surface area contributed by atoms with Crippen molar-refractivity contribution >= 4 is 11.6 Å². The number of nitrogens with two attached hydrogens (primary N) is 1. The zero-order valence-electron chi connectivity index (χ0n) is 11.4. The molecule has 0 aromatic carbocycles. The molecule has 1 atom stereocenters. The van der Waals surface area contributed by atoms with Crippen molar-refractivity contribution in [3.8, 4) is 0 Å². The van der Waals surface area contributed by atoms with Gasteiger partial charge in [0.2, 0.25) is 0 Å². The average molecular weight is 258 g/mol. The van der Waals surface area contributed by atoms with Crippen molar-refractivity contribution in [2.45, 2.75) is 46.5 Å². The zero-order chi connectivity index (χ0) is 13.1. The van der Waals surface area contributed by atoms with Gasteiger partial charge in [-0.25, -0.2) is 0 Å². The lowest BCUT2D eigenvalue weighted by atomic mass is 9.81. The maximum Gasteiger partial charge on any atom is 0.0849 e. The van der Waals surface area contributed by atoms with Gasteiger partial charge in [-0.15, -0.1) is 0 Å². The summed E-state index contributed by atoms with van der Waals surface area (Å²) < 4.78 is 1.91. The Labute approximate surface area is 109 Å². The Bertz CT molecular complexity index is 373. The summed E-state index contributed by atoms with van der Waals surface area (Å²) >= 11 is 6.37. The predicted molar refractivity (Wildman–Crippen MR) is 73.4 cm³/mol. The molecule has 0 radical (unpaired) electrons. The van der Waals surface area contributed by atoms with E-state index >= 15 is 0 Å². The average Bonchev–Trinajstić information content (AvgIpc) is 2.57. The zero-order valence-corrected chi connectivity index (χ0v) is 12.1. The fraction of sp³-hybridized carbons (Fsp3) is 0.769. The highest BCUT2D eigenvalue weighted by Crippen LogP contribution is 2.31. The van der Waals surface area contributed by atoms with E-state index in [4.69, 9.17) is 17.3 Å². The second kappa shape index (κ2) is 5.87. The van der Waals surface area contributed by atoms with Gasteiger partial charge >= 0.3 is 0 Å². The Morgan fingerprint density at radius 1 is 1.41 bits per heavy atom. The molecule has 0 amide bonds. The van der Waals surface area contributed by atoms with E-state index in [0.29, 0.717) is 6.54 Å². The van der Waals surface area contributed by atoms with E-state index in [1.54, 1.807) is 0 Å². The SMILES string of the molecule is CCCC(C)(CN)Cc1c(Cl)c(CC)nn1C. The molecule has 0 saturated heterocycles. The molecular formula is C13H24ClN3. The predicted octanol–water partition coefficient (Wildman–Crippen LogP) is 2.94. The van der Waals surface area contributed by atoms with Gasteiger partial charge in [0.05, 0.1) is 16.4 Å². The van der Waals surface area contributed by atoms with Crippen LogP contribution in [-0.4, -0.2) is 16.3 Å². The summed E-state index contributed by atoms with van der Waals surface area (Å²) in [4.78, 5) is 0. The van der Waals surface area contributed by atoms with E-state index in [9.17, 15) is 0 Å². The molecule has 0 spiro atoms. The Morgan fingerprint density at radius 2 is 2.06 bits per heavy atom. The molecule has 3 nitrogen and oxygen atoms in total. The second-order valence-electron chi connectivity index (χ2n) is 5.13. The van der Waals surface area contributed by atoms with Crippen molar-refractivity contribution in [2.24, 2.45) is 18.2 Å². The molecule has 1 unspecified atom stereocenters. The molecule has 98 valence electrons. The molecule has 0 fully saturated rings. The number of hydrogen-bond donors (Lipinski definition) is 1. The summed E-state index contributed by atoms with van der Waals surface area (Å²) in [5.41, 5.74) is 8.13. The summed E-state index contributed by atoms with van der Waals surface area (Å²) in [6.45, 7) is 7.18. The normalized spacial score (nSPS) is 14.9. The first-order chi connectivity index (χ1) is 7.97. The lowest BCUT2D eigenvalue weighted by Gasteiger charge is -2.27. The fourth-order valence-corrected chi connectivity index (χ4v) is 2.64. The van der Waals surface area contributed by atoms with Gasteiger partial charge in [0.15, 0.2) is 0 Å². The van der Waals surface area contributed by atoms with E-state index in [1.807, 2.05) is 11.7 Å². The standard InChI is InChI=1S/C13H24ClN3/c1-5-7-13(3,9-15)8-11-12(14)10(6-2)16-17(11)4/h5-9,15H2,1-4H3. The highest BCUT2D eigenvalue weighted by atomic mass is 35.5. The first-order valence-corrected chi connectivity index (χ1v) is 6.75. The van der Waals surface area contributed by atoms with Gasteiger partial charge in [-0.1, -0.05) is 38.8 Å². The largest absolute Gasteiger partial charge is 0.330 e. The summed E-state index contributed by atoms with van der Waals surface area (Å²) in [6.07, 6.45) is 4.04. The number of rotatable bonds is 6. The number of nitrogens with zero attached hydrogens (tertiary/aromatic N) is 2. The highest BCUT2D eigenvalue weighted by Gasteiger charge is 2.26. The summed E-state index contributed by atoms with van der Waals surface area (Å²) in [7, 11) is 1.96. The molecule has 17 heavy (non-hydrogen) atoms. The highest BCUT2D eigenvalue weighted by molar-refractivity contribution is 6.31. The van der Waals surface area contributed by atoms with Crippen LogP contribution in [0.5, 0.6) is 0 Å². The van der Waals surface area contributed by atoms with Gasteiger partial charge in [0.1, 0.15) is 0 Å². The number of aromatic nitrogens is 2. The maximum absolute atomic E-state index is 6.37. The van der Waals surface area contributed by atoms with Crippen LogP contribution >= 0.6 is 11.6 Å². The van der Waals surface area contributed by atoms with Crippen LogP contribution in [0, 0.1) is 5.41 Å². The first kappa shape index (κ1) is 14.5. The van der Waals surface area contributed by atoms with Gasteiger partial charge < -0.3 is 5.73 Å². The summed E-state index contributed by atoms with van der Waals surface area (Å²) in [6, 6.07) is 0. The van der Waals surface area contributed by atoms with Gasteiger partial charge in [0.25, 0.3) is 0 Å². The minimum absolute atomic E-state index is 0.122. The van der Waals surface area contributed by atoms with Gasteiger partial charge in [-0.2, -0.15) is 5.10 Å². The smallest absolute Gasteiger partial charge is 0.0849 e. The van der Waals surface area contributed by atoms with Gasteiger partial charge in [-0.05, 0) is 31.2 Å². The first-order valence-electron chi connectivity index (χ1n) is 6.37. The molecule has 0 saturated carbocycles. The van der Waals surface area contributed by atoms with Crippen molar-refractivity contribution in [3.05, 3.63) is 16.4 Å². The van der Waals surface area contributed by atoms with Crippen LogP contribution in [0.1, 0.15) is 45.0 Å². The molecule has 0 aliphatic carbocycles. The van der Waals surface area contributed by atoms with E-state index in [2.05, 4.69) is 25.9 Å². The van der Waals surface area contributed by atoms with E-state index in [-0.39, 0.29) is 5.41 Å². The van der Waals surface area contributed by atoms with Crippen LogP contribution in [0.4, 0.5) is 0 Å². The molecule has 0 bridgehead atoms. The van der Waals surface area contributed by atoms with Crippen molar-refractivity contribution in [2.75, 3.05) is 6.54 Å². The Morgan fingerprint density at radius 3 is 2.47 bits per heavy atom. The van der Waals surface area contributed by atoms with E-state index in [0.717, 1.165) is 42.1 Å². The molecule has 1 rings (SSSR count). The summed E-state index contributed by atoms with van der Waals surface area (Å²) in [5.74, 6) is 0. The minimum atomic E-state index is 0.122. The third kappa shape index (κ3) is 3.23. The number of hydrogen-bond acceptors (Lipinski definition) is 2. The molecule has 1 heterocycles. The molecule has 0 aliphatic heterocycles. The fourth-order valence-electron chi connectivity index (χ4n) is 2.28. The Hall–Kier alpha value is -0.540. The third-order valence-electron chi connectivity index (χ3n) is 3.44. The molecule has 2 N–H and O–H groups in total. The quantitative estimate of drug-likeness (QED) is 0.852. The van der Waals surface area contributed by atoms with Crippen molar-refractivity contribution < 1.29 is 0 Å². The number of halogens is 1. The Kier molecular flexibility index (Phi) is 5.02. The second-order valence-corrected chi connectivity index (χ2v) is 5.50. The van der Waals surface area contributed by atoms with Crippen LogP contribution in [0.3, 0.4) is 0 Å². The van der Waals surface area contributed by atoms with Crippen molar-refractivity contribution in [1.29, 1.82) is 0 Å². The van der Waals surface area contributed by atoms with Gasteiger partial charge in [-0.3, -0.25) is 4.68 Å². The van der Waals surface area contributed by atoms with Crippen LogP contribution in [0.2, 0.25) is 5.02 Å². The number of aryl methyl sites for hydroxylation is 2. The Balaban J connectivity index is 2.97. The minimum Gasteiger partial charge on any atom is -0.330 e. The molecule has 1 aromatic heterocycles. The molecule has 4 heteroatoms. The van der Waals surface area contributed by atoms with E-state index < -0.39 is 0 Å². The third-order valence-corrected chi connectivity index (χ3v) is 3.88. The van der Waals surface area contributed by atoms with Crippen LogP contribution in [-0.2, 0) is 19.9 Å². The lowest BCUT2D eigenvalue weighted by Crippen LogP contribution is -2.30. The van der Waals surface area contributed by atoms with Crippen LogP contribution in [0.25, 0.3) is 0 Å². The lowest BCUT2D eigenvalue weighted by molar-refractivity contribution is 0.295. The monoisotopic (exact) mass is 257 g/mol. The molecule has 1 aromatic rings. The maximum atomic E-state index is 6.37. The van der Waals surface area contributed by atoms with Crippen molar-refractivity contribution in [1.82, 2.24) is 9.78 Å². The van der Waals surface area contributed by atoms with E-state index in [1.165, 1.54) is 0 Å². The van der Waals surface area contributed by atoms with Crippen LogP contribution < -0.4 is 5.73 Å². The molecular weight excluding hydrogens is 234 g/mol. The molecule has 0 aliphatic rings. The topological polar surface area (TPSA) is 43.8 Å². The van der Waals surface area contributed by atoms with Gasteiger partial charge in [0, 0.05) is 7.05 Å². The van der Waals surface area contributed by atoms with Crippen LogP contribution in [0.15, 0.2) is 0 Å².